The molecule has 0 radical (unpaired) electrons. The fourth-order valence-electron chi connectivity index (χ4n) is 3.25. The van der Waals surface area contributed by atoms with Gasteiger partial charge in [0.1, 0.15) is 0 Å². The Morgan fingerprint density at radius 2 is 1.58 bits per heavy atom. The molecular formula is C22H20N4O4S. The maximum atomic E-state index is 12.9. The number of anilines is 1. The normalized spacial score (nSPS) is 12.4. The van der Waals surface area contributed by atoms with Crippen LogP contribution in [-0.4, -0.2) is 24.3 Å². The van der Waals surface area contributed by atoms with E-state index in [0.717, 1.165) is 5.56 Å². The third kappa shape index (κ3) is 4.36. The van der Waals surface area contributed by atoms with Crippen LogP contribution in [0.5, 0.6) is 0 Å². The van der Waals surface area contributed by atoms with E-state index >= 15 is 0 Å². The second-order valence-electron chi connectivity index (χ2n) is 7.04. The van der Waals surface area contributed by atoms with E-state index in [1.807, 2.05) is 37.3 Å². The van der Waals surface area contributed by atoms with Gasteiger partial charge in [0, 0.05) is 0 Å². The smallest absolute Gasteiger partial charge is 0.323 e. The summed E-state index contributed by atoms with van der Waals surface area (Å²) in [4.78, 5) is 29.3. The molecule has 0 spiro atoms. The maximum absolute atomic E-state index is 12.9. The van der Waals surface area contributed by atoms with Crippen molar-refractivity contribution in [2.75, 3.05) is 4.72 Å². The Balaban J connectivity index is 1.60. The van der Waals surface area contributed by atoms with Gasteiger partial charge in [0.15, 0.2) is 0 Å². The van der Waals surface area contributed by atoms with E-state index < -0.39 is 21.6 Å². The highest BCUT2D eigenvalue weighted by Gasteiger charge is 2.20. The molecule has 0 bridgehead atoms. The highest BCUT2D eigenvalue weighted by atomic mass is 32.2. The Hall–Kier alpha value is -3.85. The molecular weight excluding hydrogens is 416 g/mol. The third-order valence-corrected chi connectivity index (χ3v) is 6.22. The number of aromatic nitrogens is 2. The summed E-state index contributed by atoms with van der Waals surface area (Å²) in [5.74, 6) is -0.403. The van der Waals surface area contributed by atoms with Crippen LogP contribution in [0, 0.1) is 0 Å². The van der Waals surface area contributed by atoms with E-state index in [2.05, 4.69) is 20.0 Å². The number of amides is 1. The van der Waals surface area contributed by atoms with Crippen molar-refractivity contribution in [1.29, 1.82) is 0 Å². The van der Waals surface area contributed by atoms with E-state index in [9.17, 15) is 18.0 Å². The van der Waals surface area contributed by atoms with E-state index in [1.165, 1.54) is 24.3 Å². The molecule has 4 rings (SSSR count). The van der Waals surface area contributed by atoms with Crippen LogP contribution < -0.4 is 15.7 Å². The van der Waals surface area contributed by atoms with Gasteiger partial charge in [-0.2, -0.15) is 0 Å². The fraction of sp³-hybridized carbons (Fsp3) is 0.0909. The number of rotatable bonds is 6. The van der Waals surface area contributed by atoms with Gasteiger partial charge in [0.25, 0.3) is 15.9 Å². The number of hydrogen-bond acceptors (Lipinski definition) is 4. The molecule has 9 heteroatoms. The van der Waals surface area contributed by atoms with Gasteiger partial charge in [-0.3, -0.25) is 9.52 Å². The average molecular weight is 436 g/mol. The van der Waals surface area contributed by atoms with Crippen LogP contribution in [0.3, 0.4) is 0 Å². The minimum absolute atomic E-state index is 0.0388. The quantitative estimate of drug-likeness (QED) is 0.371. The average Bonchev–Trinajstić information content (AvgIpc) is 3.13. The SMILES string of the molecule is CC(NC(=O)c1ccccc1NS(=O)(=O)c1ccc2[nH]c(=O)[nH]c2c1)c1ccccc1. The summed E-state index contributed by atoms with van der Waals surface area (Å²) in [5, 5.41) is 2.89. The lowest BCUT2D eigenvalue weighted by Gasteiger charge is -2.17. The van der Waals surface area contributed by atoms with Crippen molar-refractivity contribution in [1.82, 2.24) is 15.3 Å². The van der Waals surface area contributed by atoms with Crippen LogP contribution in [0.15, 0.2) is 82.5 Å². The molecule has 1 unspecified atom stereocenters. The van der Waals surface area contributed by atoms with Crippen molar-refractivity contribution in [2.45, 2.75) is 17.9 Å². The molecule has 0 fully saturated rings. The first kappa shape index (κ1) is 20.4. The molecule has 4 aromatic rings. The number of benzene rings is 3. The number of hydrogen-bond donors (Lipinski definition) is 4. The first-order chi connectivity index (χ1) is 14.8. The van der Waals surface area contributed by atoms with Crippen molar-refractivity contribution in [3.8, 4) is 0 Å². The molecule has 31 heavy (non-hydrogen) atoms. The Morgan fingerprint density at radius 3 is 2.35 bits per heavy atom. The van der Waals surface area contributed by atoms with E-state index in [0.29, 0.717) is 11.0 Å². The fourth-order valence-corrected chi connectivity index (χ4v) is 4.36. The van der Waals surface area contributed by atoms with E-state index in [-0.39, 0.29) is 22.2 Å². The van der Waals surface area contributed by atoms with Gasteiger partial charge in [0.2, 0.25) is 0 Å². The number of imidazole rings is 1. The highest BCUT2D eigenvalue weighted by Crippen LogP contribution is 2.23. The number of para-hydroxylation sites is 1. The largest absolute Gasteiger partial charge is 0.345 e. The Kier molecular flexibility index (Phi) is 5.35. The Labute approximate surface area is 178 Å². The van der Waals surface area contributed by atoms with Crippen LogP contribution in [0.2, 0.25) is 0 Å². The zero-order valence-electron chi connectivity index (χ0n) is 16.5. The van der Waals surface area contributed by atoms with Gasteiger partial charge in [-0.1, -0.05) is 42.5 Å². The second-order valence-corrected chi connectivity index (χ2v) is 8.73. The van der Waals surface area contributed by atoms with Crippen molar-refractivity contribution in [3.05, 3.63) is 94.4 Å². The van der Waals surface area contributed by atoms with Gasteiger partial charge in [-0.05, 0) is 42.8 Å². The number of carbonyl (C=O) groups excluding carboxylic acids is 1. The third-order valence-electron chi connectivity index (χ3n) is 4.86. The number of aromatic amines is 2. The molecule has 0 saturated heterocycles. The molecule has 0 aliphatic heterocycles. The van der Waals surface area contributed by atoms with E-state index in [1.54, 1.807) is 18.2 Å². The molecule has 0 aliphatic carbocycles. The number of carbonyl (C=O) groups is 1. The molecule has 8 nitrogen and oxygen atoms in total. The van der Waals surface area contributed by atoms with Crippen molar-refractivity contribution >= 4 is 32.7 Å². The van der Waals surface area contributed by atoms with Gasteiger partial charge in [0.05, 0.1) is 33.2 Å². The summed E-state index contributed by atoms with van der Waals surface area (Å²) < 4.78 is 28.3. The first-order valence-corrected chi connectivity index (χ1v) is 11.0. The number of sulfonamides is 1. The maximum Gasteiger partial charge on any atom is 0.323 e. The van der Waals surface area contributed by atoms with Gasteiger partial charge < -0.3 is 15.3 Å². The zero-order chi connectivity index (χ0) is 22.0. The summed E-state index contributed by atoms with van der Waals surface area (Å²) in [6.45, 7) is 1.85. The number of H-pyrrole nitrogens is 2. The molecule has 3 aromatic carbocycles. The topological polar surface area (TPSA) is 124 Å². The molecule has 0 aliphatic rings. The van der Waals surface area contributed by atoms with Gasteiger partial charge >= 0.3 is 5.69 Å². The zero-order valence-corrected chi connectivity index (χ0v) is 17.4. The molecule has 1 amide bonds. The summed E-state index contributed by atoms with van der Waals surface area (Å²) in [7, 11) is -4.00. The van der Waals surface area contributed by atoms with Crippen LogP contribution in [0.25, 0.3) is 11.0 Å². The standard InChI is InChI=1S/C22H20N4O4S/c1-14(15-7-3-2-4-8-15)23-21(27)17-9-5-6-10-18(17)26-31(29,30)16-11-12-19-20(13-16)25-22(28)24-19/h2-14,26H,1H3,(H,23,27)(H2,24,25,28). The lowest BCUT2D eigenvalue weighted by atomic mass is 10.1. The Morgan fingerprint density at radius 1 is 0.903 bits per heavy atom. The first-order valence-electron chi connectivity index (χ1n) is 9.53. The predicted molar refractivity (Wildman–Crippen MR) is 118 cm³/mol. The van der Waals surface area contributed by atoms with Crippen molar-refractivity contribution in [2.24, 2.45) is 0 Å². The molecule has 0 saturated carbocycles. The highest BCUT2D eigenvalue weighted by molar-refractivity contribution is 7.92. The number of nitrogens with one attached hydrogen (secondary N) is 4. The molecule has 1 atom stereocenters. The van der Waals surface area contributed by atoms with E-state index in [4.69, 9.17) is 0 Å². The van der Waals surface area contributed by atoms with Gasteiger partial charge in [-0.15, -0.1) is 0 Å². The van der Waals surface area contributed by atoms with Crippen molar-refractivity contribution < 1.29 is 13.2 Å². The lowest BCUT2D eigenvalue weighted by Crippen LogP contribution is -2.28. The second kappa shape index (κ2) is 8.11. The molecule has 1 aromatic heterocycles. The summed E-state index contributed by atoms with van der Waals surface area (Å²) in [6, 6.07) is 19.8. The van der Waals surface area contributed by atoms with Crippen LogP contribution in [0.1, 0.15) is 28.9 Å². The number of fused-ring (bicyclic) bond motifs is 1. The molecule has 1 heterocycles. The van der Waals surface area contributed by atoms with Crippen LogP contribution >= 0.6 is 0 Å². The summed E-state index contributed by atoms with van der Waals surface area (Å²) in [5.41, 5.74) is 1.73. The predicted octanol–water partition coefficient (Wildman–Crippen LogP) is 3.15. The van der Waals surface area contributed by atoms with Crippen molar-refractivity contribution in [3.63, 3.8) is 0 Å². The van der Waals surface area contributed by atoms with Crippen LogP contribution in [0.4, 0.5) is 5.69 Å². The minimum Gasteiger partial charge on any atom is -0.345 e. The van der Waals surface area contributed by atoms with Gasteiger partial charge in [-0.25, -0.2) is 13.2 Å². The minimum atomic E-state index is -4.00. The van der Waals surface area contributed by atoms with Crippen LogP contribution in [-0.2, 0) is 10.0 Å². The summed E-state index contributed by atoms with van der Waals surface area (Å²) >= 11 is 0. The molecule has 4 N–H and O–H groups in total. The lowest BCUT2D eigenvalue weighted by molar-refractivity contribution is 0.0941. The molecule has 158 valence electrons. The monoisotopic (exact) mass is 436 g/mol. The summed E-state index contributed by atoms with van der Waals surface area (Å²) in [6.07, 6.45) is 0. The Bertz CT molecular complexity index is 1410.